The van der Waals surface area contributed by atoms with Gasteiger partial charge in [-0.3, -0.25) is 0 Å². The largest absolute Gasteiger partial charge is 0.110 e. The van der Waals surface area contributed by atoms with Crippen molar-refractivity contribution in [3.63, 3.8) is 0 Å². The van der Waals surface area contributed by atoms with Gasteiger partial charge in [-0.15, -0.1) is 34.8 Å². The minimum atomic E-state index is -0.479. The molecular formula is C10H7Cl3. The topological polar surface area (TPSA) is 0 Å². The smallest absolute Gasteiger partial charge is 0.0881 e. The van der Waals surface area contributed by atoms with Crippen molar-refractivity contribution in [2.75, 3.05) is 0 Å². The molecule has 0 radical (unpaired) electrons. The Kier molecular flexibility index (Phi) is 1.31. The Hall–Kier alpha value is 0.0900. The molecule has 0 atom stereocenters. The van der Waals surface area contributed by atoms with Gasteiger partial charge in [0.2, 0.25) is 0 Å². The van der Waals surface area contributed by atoms with E-state index in [4.69, 9.17) is 34.8 Å². The Labute approximate surface area is 91.8 Å². The first kappa shape index (κ1) is 8.40. The average Bonchev–Trinajstić information content (AvgIpc) is 2.58. The Morgan fingerprint density at radius 1 is 0.615 bits per heavy atom. The highest BCUT2D eigenvalue weighted by atomic mass is 35.5. The maximum atomic E-state index is 6.39. The van der Waals surface area contributed by atoms with Crippen LogP contribution in [0.5, 0.6) is 0 Å². The van der Waals surface area contributed by atoms with E-state index >= 15 is 0 Å². The molecule has 0 fully saturated rings. The van der Waals surface area contributed by atoms with E-state index in [1.165, 1.54) is 0 Å². The lowest BCUT2D eigenvalue weighted by molar-refractivity contribution is 0.478. The molecule has 0 heterocycles. The van der Waals surface area contributed by atoms with Crippen molar-refractivity contribution in [1.82, 2.24) is 0 Å². The molecule has 68 valence electrons. The van der Waals surface area contributed by atoms with E-state index in [2.05, 4.69) is 0 Å². The third-order valence-corrected chi connectivity index (χ3v) is 4.52. The van der Waals surface area contributed by atoms with Crippen molar-refractivity contribution >= 4 is 34.8 Å². The van der Waals surface area contributed by atoms with Crippen LogP contribution < -0.4 is 0 Å². The highest BCUT2D eigenvalue weighted by Gasteiger charge is 2.63. The van der Waals surface area contributed by atoms with Crippen molar-refractivity contribution in [2.24, 2.45) is 5.92 Å². The Balaban J connectivity index is 2.25. The van der Waals surface area contributed by atoms with Crippen LogP contribution in [0.1, 0.15) is 0 Å². The van der Waals surface area contributed by atoms with Crippen LogP contribution in [0.15, 0.2) is 36.5 Å². The summed E-state index contributed by atoms with van der Waals surface area (Å²) in [5.41, 5.74) is 0. The van der Waals surface area contributed by atoms with Crippen molar-refractivity contribution in [2.45, 2.75) is 14.6 Å². The van der Waals surface area contributed by atoms with Crippen molar-refractivity contribution < 1.29 is 0 Å². The van der Waals surface area contributed by atoms with E-state index in [1.807, 2.05) is 36.5 Å². The van der Waals surface area contributed by atoms with Crippen molar-refractivity contribution in [1.29, 1.82) is 0 Å². The maximum Gasteiger partial charge on any atom is 0.0881 e. The van der Waals surface area contributed by atoms with Gasteiger partial charge in [-0.1, -0.05) is 36.5 Å². The summed E-state index contributed by atoms with van der Waals surface area (Å²) in [6, 6.07) is 0. The number of allylic oxidation sites excluding steroid dienone is 6. The minimum absolute atomic E-state index is 0.0255. The van der Waals surface area contributed by atoms with Gasteiger partial charge in [-0.05, 0) is 0 Å². The molecule has 0 nitrogen and oxygen atoms in total. The third kappa shape index (κ3) is 0.806. The first-order valence-corrected chi connectivity index (χ1v) is 5.30. The van der Waals surface area contributed by atoms with Crippen LogP contribution in [0.3, 0.4) is 0 Å². The molecule has 3 aliphatic rings. The number of halogens is 3. The third-order valence-electron chi connectivity index (χ3n) is 3.11. The molecular weight excluding hydrogens is 226 g/mol. The zero-order valence-electron chi connectivity index (χ0n) is 6.68. The lowest BCUT2D eigenvalue weighted by atomic mass is 9.87. The molecule has 0 saturated heterocycles. The second kappa shape index (κ2) is 2.03. The number of hydrogen-bond donors (Lipinski definition) is 0. The van der Waals surface area contributed by atoms with E-state index in [9.17, 15) is 0 Å². The molecule has 0 aromatic carbocycles. The van der Waals surface area contributed by atoms with E-state index in [0.717, 1.165) is 0 Å². The van der Waals surface area contributed by atoms with E-state index in [0.29, 0.717) is 0 Å². The Morgan fingerprint density at radius 3 is 1.08 bits per heavy atom. The summed E-state index contributed by atoms with van der Waals surface area (Å²) in [5.74, 6) is 0.0255. The molecule has 0 aliphatic heterocycles. The van der Waals surface area contributed by atoms with E-state index in [-0.39, 0.29) is 5.92 Å². The number of hydrogen-bond acceptors (Lipinski definition) is 0. The summed E-state index contributed by atoms with van der Waals surface area (Å²) in [5, 5.41) is 0. The summed E-state index contributed by atoms with van der Waals surface area (Å²) in [6.07, 6.45) is 11.6. The van der Waals surface area contributed by atoms with Crippen LogP contribution >= 0.6 is 34.8 Å². The van der Waals surface area contributed by atoms with Gasteiger partial charge in [-0.25, -0.2) is 0 Å². The van der Waals surface area contributed by atoms with Gasteiger partial charge in [0.1, 0.15) is 0 Å². The van der Waals surface area contributed by atoms with Gasteiger partial charge in [-0.2, -0.15) is 0 Å². The zero-order chi connectivity index (χ0) is 9.32. The van der Waals surface area contributed by atoms with Crippen LogP contribution in [-0.4, -0.2) is 14.6 Å². The predicted octanol–water partition coefficient (Wildman–Crippen LogP) is 3.24. The van der Waals surface area contributed by atoms with Crippen LogP contribution in [0.2, 0.25) is 0 Å². The summed E-state index contributed by atoms with van der Waals surface area (Å²) >= 11 is 19.2. The van der Waals surface area contributed by atoms with Crippen LogP contribution in [0.4, 0.5) is 0 Å². The predicted molar refractivity (Wildman–Crippen MR) is 56.7 cm³/mol. The van der Waals surface area contributed by atoms with Gasteiger partial charge in [0.25, 0.3) is 0 Å². The van der Waals surface area contributed by atoms with Crippen LogP contribution in [-0.2, 0) is 0 Å². The maximum absolute atomic E-state index is 6.39. The summed E-state index contributed by atoms with van der Waals surface area (Å²) in [6.45, 7) is 0. The van der Waals surface area contributed by atoms with Crippen LogP contribution in [0, 0.1) is 5.92 Å². The normalized spacial score (nSPS) is 60.7. The highest BCUT2D eigenvalue weighted by molar-refractivity contribution is 6.37. The summed E-state index contributed by atoms with van der Waals surface area (Å²) in [7, 11) is 0. The van der Waals surface area contributed by atoms with E-state index in [1.54, 1.807) is 0 Å². The monoisotopic (exact) mass is 232 g/mol. The standard InChI is InChI=1S/C10H7Cl3/c11-8-1-2-9(12)5-6-10(13,4-3-8)7(8)9/h1-7H. The molecule has 13 heavy (non-hydrogen) atoms. The fraction of sp³-hybridized carbons (Fsp3) is 0.400. The first-order chi connectivity index (χ1) is 5.99. The molecule has 3 heteroatoms. The molecule has 0 aromatic heterocycles. The van der Waals surface area contributed by atoms with Gasteiger partial charge in [0.05, 0.1) is 14.6 Å². The quantitative estimate of drug-likeness (QED) is 0.445. The number of rotatable bonds is 0. The Morgan fingerprint density at radius 2 is 0.846 bits per heavy atom. The molecule has 3 aliphatic carbocycles. The molecule has 0 amide bonds. The second-order valence-corrected chi connectivity index (χ2v) is 5.88. The molecule has 0 aromatic rings. The molecule has 0 bridgehead atoms. The first-order valence-electron chi connectivity index (χ1n) is 4.17. The molecule has 0 spiro atoms. The summed E-state index contributed by atoms with van der Waals surface area (Å²) < 4.78 is 0. The zero-order valence-corrected chi connectivity index (χ0v) is 8.94. The van der Waals surface area contributed by atoms with Gasteiger partial charge < -0.3 is 0 Å². The molecule has 0 unspecified atom stereocenters. The van der Waals surface area contributed by atoms with E-state index < -0.39 is 14.6 Å². The van der Waals surface area contributed by atoms with Gasteiger partial charge in [0.15, 0.2) is 0 Å². The SMILES string of the molecule is ClC12C=CC3(Cl)C=CC(Cl)(C=C1)C23. The molecule has 3 rings (SSSR count). The van der Waals surface area contributed by atoms with Crippen LogP contribution in [0.25, 0.3) is 0 Å². The van der Waals surface area contributed by atoms with Gasteiger partial charge in [0, 0.05) is 5.92 Å². The summed E-state index contributed by atoms with van der Waals surface area (Å²) in [4.78, 5) is -1.44. The fourth-order valence-electron chi connectivity index (χ4n) is 2.53. The van der Waals surface area contributed by atoms with Crippen molar-refractivity contribution in [3.8, 4) is 0 Å². The number of alkyl halides is 3. The highest BCUT2D eigenvalue weighted by Crippen LogP contribution is 2.62. The molecule has 0 saturated carbocycles. The molecule has 0 N–H and O–H groups in total. The second-order valence-electron chi connectivity index (χ2n) is 3.91. The Bertz CT molecular complexity index is 289. The van der Waals surface area contributed by atoms with Crippen molar-refractivity contribution in [3.05, 3.63) is 36.5 Å². The fourth-order valence-corrected chi connectivity index (χ4v) is 4.16. The van der Waals surface area contributed by atoms with Gasteiger partial charge >= 0.3 is 0 Å². The minimum Gasteiger partial charge on any atom is -0.110 e. The lowest BCUT2D eigenvalue weighted by Crippen LogP contribution is -2.39. The average molecular weight is 234 g/mol. The lowest BCUT2D eigenvalue weighted by Gasteiger charge is -2.31.